The molecule has 1 atom stereocenters. The quantitative estimate of drug-likeness (QED) is 0.496. The van der Waals surface area contributed by atoms with Crippen LogP contribution in [-0.4, -0.2) is 22.2 Å². The number of esters is 1. The molecule has 0 saturated carbocycles. The predicted octanol–water partition coefficient (Wildman–Crippen LogP) is 4.23. The van der Waals surface area contributed by atoms with E-state index >= 15 is 0 Å². The van der Waals surface area contributed by atoms with Crippen LogP contribution in [0.4, 0.5) is 0 Å². The van der Waals surface area contributed by atoms with Crippen LogP contribution in [0, 0.1) is 6.92 Å². The SMILES string of the molecule is CCOC(=O)C1=C(C)N=c2s/c(=C/c3cc(Cl)c(O)c(Br)c3)c(=O)n2[C@@H]1c1ccc(C)cc1. The summed E-state index contributed by atoms with van der Waals surface area (Å²) in [6.45, 7) is 5.69. The topological polar surface area (TPSA) is 80.9 Å². The third-order valence-electron chi connectivity index (χ3n) is 5.25. The summed E-state index contributed by atoms with van der Waals surface area (Å²) in [7, 11) is 0. The predicted molar refractivity (Wildman–Crippen MR) is 132 cm³/mol. The fourth-order valence-corrected chi connectivity index (χ4v) is 5.54. The molecule has 2 heterocycles. The van der Waals surface area contributed by atoms with E-state index in [2.05, 4.69) is 20.9 Å². The minimum atomic E-state index is -0.654. The molecule has 1 N–H and O–H groups in total. The molecule has 1 aliphatic heterocycles. The Hall–Kier alpha value is -2.68. The number of hydrogen-bond acceptors (Lipinski definition) is 6. The Morgan fingerprint density at radius 3 is 2.64 bits per heavy atom. The van der Waals surface area contributed by atoms with Crippen LogP contribution in [0.2, 0.25) is 5.02 Å². The molecule has 9 heteroatoms. The number of phenolic OH excluding ortho intramolecular Hbond substituents is 1. The van der Waals surface area contributed by atoms with Crippen LogP contribution in [0.5, 0.6) is 5.75 Å². The highest BCUT2D eigenvalue weighted by Gasteiger charge is 2.33. The molecule has 4 rings (SSSR count). The van der Waals surface area contributed by atoms with Crippen molar-refractivity contribution in [1.29, 1.82) is 0 Å². The zero-order valence-corrected chi connectivity index (χ0v) is 21.2. The number of carbonyl (C=O) groups is 1. The van der Waals surface area contributed by atoms with Crippen molar-refractivity contribution in [2.45, 2.75) is 26.8 Å². The maximum absolute atomic E-state index is 13.6. The molecular formula is C24H20BrClN2O4S. The first-order valence-electron chi connectivity index (χ1n) is 10.2. The molecular weight excluding hydrogens is 528 g/mol. The zero-order chi connectivity index (χ0) is 23.9. The zero-order valence-electron chi connectivity index (χ0n) is 18.1. The number of ether oxygens (including phenoxy) is 1. The van der Waals surface area contributed by atoms with E-state index < -0.39 is 12.0 Å². The van der Waals surface area contributed by atoms with E-state index in [9.17, 15) is 14.7 Å². The van der Waals surface area contributed by atoms with Crippen LogP contribution in [0.3, 0.4) is 0 Å². The van der Waals surface area contributed by atoms with Crippen LogP contribution in [0.25, 0.3) is 6.08 Å². The molecule has 0 bridgehead atoms. The number of allylic oxidation sites excluding steroid dienone is 1. The lowest BCUT2D eigenvalue weighted by molar-refractivity contribution is -0.139. The van der Waals surface area contributed by atoms with Crippen molar-refractivity contribution in [2.24, 2.45) is 4.99 Å². The van der Waals surface area contributed by atoms with Crippen LogP contribution < -0.4 is 14.9 Å². The Labute approximate surface area is 207 Å². The Morgan fingerprint density at radius 1 is 1.30 bits per heavy atom. The summed E-state index contributed by atoms with van der Waals surface area (Å²) in [5, 5.41) is 10.1. The first-order valence-corrected chi connectivity index (χ1v) is 12.1. The fraction of sp³-hybridized carbons (Fsp3) is 0.208. The van der Waals surface area contributed by atoms with Crippen LogP contribution >= 0.6 is 38.9 Å². The van der Waals surface area contributed by atoms with Gasteiger partial charge in [-0.15, -0.1) is 0 Å². The van der Waals surface area contributed by atoms with Crippen molar-refractivity contribution in [2.75, 3.05) is 6.61 Å². The molecule has 0 saturated heterocycles. The lowest BCUT2D eigenvalue weighted by Crippen LogP contribution is -2.39. The van der Waals surface area contributed by atoms with E-state index in [4.69, 9.17) is 16.3 Å². The van der Waals surface area contributed by atoms with Crippen molar-refractivity contribution in [3.05, 3.63) is 93.5 Å². The number of rotatable bonds is 4. The number of aromatic nitrogens is 1. The van der Waals surface area contributed by atoms with Gasteiger partial charge in [0.25, 0.3) is 5.56 Å². The number of aryl methyl sites for hydroxylation is 1. The van der Waals surface area contributed by atoms with E-state index in [1.807, 2.05) is 31.2 Å². The first kappa shape index (κ1) is 23.5. The summed E-state index contributed by atoms with van der Waals surface area (Å²) in [6.07, 6.45) is 1.69. The standard InChI is InChI=1S/C24H20BrClN2O4S/c1-4-32-23(31)19-13(3)27-24-28(20(19)15-7-5-12(2)6-8-15)22(30)18(33-24)11-14-9-16(25)21(29)17(26)10-14/h5-11,20,29H,4H2,1-3H3/b18-11+/t20-/m1/s1. The van der Waals surface area contributed by atoms with Gasteiger partial charge in [-0.2, -0.15) is 0 Å². The average molecular weight is 548 g/mol. The molecule has 0 radical (unpaired) electrons. The largest absolute Gasteiger partial charge is 0.505 e. The molecule has 1 aliphatic rings. The van der Waals surface area contributed by atoms with Crippen molar-refractivity contribution in [1.82, 2.24) is 4.57 Å². The van der Waals surface area contributed by atoms with E-state index in [1.54, 1.807) is 32.1 Å². The maximum atomic E-state index is 13.6. The molecule has 33 heavy (non-hydrogen) atoms. The van der Waals surface area contributed by atoms with Crippen molar-refractivity contribution in [3.8, 4) is 5.75 Å². The second-order valence-corrected chi connectivity index (χ2v) is 9.82. The van der Waals surface area contributed by atoms with Crippen LogP contribution in [-0.2, 0) is 9.53 Å². The first-order chi connectivity index (χ1) is 15.7. The maximum Gasteiger partial charge on any atom is 0.338 e. The van der Waals surface area contributed by atoms with Gasteiger partial charge in [0.05, 0.1) is 37.9 Å². The molecule has 170 valence electrons. The Balaban J connectivity index is 1.96. The van der Waals surface area contributed by atoms with E-state index in [0.717, 1.165) is 11.1 Å². The van der Waals surface area contributed by atoms with Gasteiger partial charge in [-0.25, -0.2) is 9.79 Å². The number of aromatic hydroxyl groups is 1. The summed E-state index contributed by atoms with van der Waals surface area (Å²) in [4.78, 5) is 31.5. The van der Waals surface area contributed by atoms with Crippen molar-refractivity contribution < 1.29 is 14.6 Å². The number of benzene rings is 2. The normalized spacial score (nSPS) is 15.9. The third-order valence-corrected chi connectivity index (χ3v) is 7.12. The van der Waals surface area contributed by atoms with Gasteiger partial charge in [-0.1, -0.05) is 52.8 Å². The van der Waals surface area contributed by atoms with Crippen LogP contribution in [0.15, 0.2) is 61.9 Å². The third kappa shape index (κ3) is 4.43. The second kappa shape index (κ2) is 9.29. The van der Waals surface area contributed by atoms with Gasteiger partial charge in [-0.05, 0) is 66.0 Å². The van der Waals surface area contributed by atoms with Gasteiger partial charge < -0.3 is 9.84 Å². The van der Waals surface area contributed by atoms with Gasteiger partial charge in [0.15, 0.2) is 4.80 Å². The number of hydrogen-bond donors (Lipinski definition) is 1. The minimum Gasteiger partial charge on any atom is -0.505 e. The summed E-state index contributed by atoms with van der Waals surface area (Å²) >= 11 is 10.6. The van der Waals surface area contributed by atoms with Crippen molar-refractivity contribution in [3.63, 3.8) is 0 Å². The lowest BCUT2D eigenvalue weighted by Gasteiger charge is -2.24. The van der Waals surface area contributed by atoms with E-state index in [-0.39, 0.29) is 22.9 Å². The molecule has 3 aromatic rings. The Kier molecular flexibility index (Phi) is 6.61. The molecule has 6 nitrogen and oxygen atoms in total. The molecule has 0 unspecified atom stereocenters. The fourth-order valence-electron chi connectivity index (χ4n) is 3.68. The summed E-state index contributed by atoms with van der Waals surface area (Å²) in [6, 6.07) is 10.3. The van der Waals surface area contributed by atoms with E-state index in [0.29, 0.717) is 30.6 Å². The highest BCUT2D eigenvalue weighted by molar-refractivity contribution is 9.10. The van der Waals surface area contributed by atoms with Crippen molar-refractivity contribution >= 4 is 50.9 Å². The molecule has 0 spiro atoms. The summed E-state index contributed by atoms with van der Waals surface area (Å²) in [5.74, 6) is -0.558. The summed E-state index contributed by atoms with van der Waals surface area (Å²) < 4.78 is 7.69. The van der Waals surface area contributed by atoms with Gasteiger partial charge in [0, 0.05) is 0 Å². The van der Waals surface area contributed by atoms with Gasteiger partial charge in [0.2, 0.25) is 0 Å². The summed E-state index contributed by atoms with van der Waals surface area (Å²) in [5.41, 5.74) is 3.08. The Bertz CT molecular complexity index is 1450. The second-order valence-electron chi connectivity index (χ2n) is 7.55. The molecule has 0 fully saturated rings. The molecule has 0 aliphatic carbocycles. The number of phenols is 1. The smallest absolute Gasteiger partial charge is 0.338 e. The number of nitrogens with zero attached hydrogens (tertiary/aromatic N) is 2. The molecule has 2 aromatic carbocycles. The highest BCUT2D eigenvalue weighted by atomic mass is 79.9. The highest BCUT2D eigenvalue weighted by Crippen LogP contribution is 2.33. The van der Waals surface area contributed by atoms with Gasteiger partial charge >= 0.3 is 5.97 Å². The van der Waals surface area contributed by atoms with E-state index in [1.165, 1.54) is 15.9 Å². The molecule has 0 amide bonds. The lowest BCUT2D eigenvalue weighted by atomic mass is 9.95. The Morgan fingerprint density at radius 2 is 2.00 bits per heavy atom. The molecule has 1 aromatic heterocycles. The van der Waals surface area contributed by atoms with Gasteiger partial charge in [0.1, 0.15) is 5.75 Å². The number of thiazole rings is 1. The van der Waals surface area contributed by atoms with Gasteiger partial charge in [-0.3, -0.25) is 9.36 Å². The average Bonchev–Trinajstić information content (AvgIpc) is 3.06. The number of carbonyl (C=O) groups excluding carboxylic acids is 1. The number of fused-ring (bicyclic) bond motifs is 1. The number of halogens is 2. The van der Waals surface area contributed by atoms with Crippen LogP contribution in [0.1, 0.15) is 36.6 Å². The monoisotopic (exact) mass is 546 g/mol. The minimum absolute atomic E-state index is 0.0654.